The van der Waals surface area contributed by atoms with Crippen molar-refractivity contribution >= 4 is 16.1 Å². The quantitative estimate of drug-likeness (QED) is 0.634. The fourth-order valence-corrected chi connectivity index (χ4v) is 6.02. The fraction of sp³-hybridized carbons (Fsp3) is 0.750. The second-order valence-electron chi connectivity index (χ2n) is 11.3. The normalized spacial score (nSPS) is 24.4. The van der Waals surface area contributed by atoms with Gasteiger partial charge in [0, 0.05) is 38.4 Å². The molecule has 0 radical (unpaired) electrons. The molecule has 1 aliphatic heterocycles. The Morgan fingerprint density at radius 1 is 0.935 bits per heavy atom. The average molecular weight is 453 g/mol. The van der Waals surface area contributed by atoms with Crippen LogP contribution < -0.4 is 4.90 Å². The molecule has 7 heteroatoms. The second kappa shape index (κ2) is 9.38. The number of benzene rings is 1. The number of rotatable bonds is 4. The van der Waals surface area contributed by atoms with Crippen molar-refractivity contribution in [2.24, 2.45) is 16.7 Å². The Bertz CT molecular complexity index is 817. The Balaban J connectivity index is 0.000000491. The molecule has 1 aromatic rings. The summed E-state index contributed by atoms with van der Waals surface area (Å²) in [7, 11) is -4.67. The third-order valence-corrected chi connectivity index (χ3v) is 6.86. The molecule has 0 spiro atoms. The predicted molar refractivity (Wildman–Crippen MR) is 126 cm³/mol. The molecule has 176 valence electrons. The smallest absolute Gasteiger partial charge is 0.369 e. The Morgan fingerprint density at radius 3 is 1.97 bits per heavy atom. The molecule has 2 N–H and O–H groups in total. The summed E-state index contributed by atoms with van der Waals surface area (Å²) >= 11 is 0. The van der Waals surface area contributed by atoms with Gasteiger partial charge in [-0.25, -0.2) is 0 Å². The van der Waals surface area contributed by atoms with E-state index >= 15 is 0 Å². The van der Waals surface area contributed by atoms with Crippen LogP contribution in [-0.4, -0.2) is 55.1 Å². The van der Waals surface area contributed by atoms with Gasteiger partial charge in [0.05, 0.1) is 0 Å². The van der Waals surface area contributed by atoms with Gasteiger partial charge < -0.3 is 4.90 Å². The molecule has 3 aliphatic rings. The number of para-hydroxylation sites is 1. The fourth-order valence-electron chi connectivity index (χ4n) is 6.02. The monoisotopic (exact) mass is 452 g/mol. The minimum atomic E-state index is -4.67. The van der Waals surface area contributed by atoms with Gasteiger partial charge in [-0.3, -0.25) is 14.0 Å². The Morgan fingerprint density at radius 2 is 1.45 bits per heavy atom. The molecular weight excluding hydrogens is 412 g/mol. The molecule has 4 rings (SSSR count). The zero-order valence-electron chi connectivity index (χ0n) is 19.5. The third-order valence-electron chi connectivity index (χ3n) is 6.86. The second-order valence-corrected chi connectivity index (χ2v) is 12.2. The van der Waals surface area contributed by atoms with Crippen molar-refractivity contribution in [1.82, 2.24) is 4.90 Å². The SMILES string of the molecule is CC1(C)CC(c2ccccc2N2CCN(CC3CC3)CC2)CC(C)(C)C1.O=S(=O)(O)O. The molecule has 0 aromatic heterocycles. The molecule has 2 saturated carbocycles. The minimum absolute atomic E-state index is 0.447. The van der Waals surface area contributed by atoms with Crippen LogP contribution in [0.4, 0.5) is 5.69 Å². The Labute approximate surface area is 188 Å². The van der Waals surface area contributed by atoms with Crippen LogP contribution in [0.15, 0.2) is 24.3 Å². The van der Waals surface area contributed by atoms with Crippen LogP contribution in [0.1, 0.15) is 71.3 Å². The summed E-state index contributed by atoms with van der Waals surface area (Å²) < 4.78 is 31.6. The number of hydrogen-bond acceptors (Lipinski definition) is 4. The van der Waals surface area contributed by atoms with Gasteiger partial charge in [0.2, 0.25) is 0 Å². The van der Waals surface area contributed by atoms with Gasteiger partial charge in [-0.15, -0.1) is 0 Å². The minimum Gasteiger partial charge on any atom is -0.369 e. The molecule has 3 fully saturated rings. The summed E-state index contributed by atoms with van der Waals surface area (Å²) in [6, 6.07) is 9.32. The van der Waals surface area contributed by atoms with E-state index in [2.05, 4.69) is 61.8 Å². The van der Waals surface area contributed by atoms with Crippen LogP contribution >= 0.6 is 0 Å². The van der Waals surface area contributed by atoms with Gasteiger partial charge in [0.25, 0.3) is 0 Å². The maximum atomic E-state index is 8.74. The largest absolute Gasteiger partial charge is 0.394 e. The first-order chi connectivity index (χ1) is 14.3. The molecule has 0 atom stereocenters. The molecule has 1 heterocycles. The highest BCUT2D eigenvalue weighted by atomic mass is 32.3. The highest BCUT2D eigenvalue weighted by Crippen LogP contribution is 2.53. The van der Waals surface area contributed by atoms with Gasteiger partial charge in [0.1, 0.15) is 0 Å². The van der Waals surface area contributed by atoms with Crippen molar-refractivity contribution < 1.29 is 17.5 Å². The van der Waals surface area contributed by atoms with E-state index in [0.29, 0.717) is 16.7 Å². The number of anilines is 1. The Hall–Kier alpha value is -1.15. The van der Waals surface area contributed by atoms with E-state index in [9.17, 15) is 0 Å². The van der Waals surface area contributed by atoms with E-state index in [-0.39, 0.29) is 0 Å². The maximum absolute atomic E-state index is 8.74. The lowest BCUT2D eigenvalue weighted by molar-refractivity contribution is 0.0970. The zero-order valence-corrected chi connectivity index (χ0v) is 20.4. The summed E-state index contributed by atoms with van der Waals surface area (Å²) in [5, 5.41) is 0. The van der Waals surface area contributed by atoms with Crippen LogP contribution in [0.3, 0.4) is 0 Å². The summed E-state index contributed by atoms with van der Waals surface area (Å²) in [6.07, 6.45) is 6.94. The predicted octanol–water partition coefficient (Wildman–Crippen LogP) is 4.89. The molecule has 0 amide bonds. The average Bonchev–Trinajstić information content (AvgIpc) is 3.42. The maximum Gasteiger partial charge on any atom is 0.394 e. The molecule has 1 aromatic carbocycles. The Kier molecular flexibility index (Phi) is 7.41. The van der Waals surface area contributed by atoms with Crippen molar-refractivity contribution in [3.63, 3.8) is 0 Å². The van der Waals surface area contributed by atoms with Gasteiger partial charge in [0.15, 0.2) is 0 Å². The first kappa shape index (κ1) is 24.5. The van der Waals surface area contributed by atoms with E-state index in [1.807, 2.05) is 0 Å². The summed E-state index contributed by atoms with van der Waals surface area (Å²) in [5.41, 5.74) is 4.03. The summed E-state index contributed by atoms with van der Waals surface area (Å²) in [6.45, 7) is 16.1. The summed E-state index contributed by atoms with van der Waals surface area (Å²) in [5.74, 6) is 1.72. The molecule has 0 bridgehead atoms. The topological polar surface area (TPSA) is 81.1 Å². The van der Waals surface area contributed by atoms with Crippen molar-refractivity contribution in [1.29, 1.82) is 0 Å². The molecule has 1 saturated heterocycles. The van der Waals surface area contributed by atoms with Crippen molar-refractivity contribution in [3.05, 3.63) is 29.8 Å². The lowest BCUT2D eigenvalue weighted by Gasteiger charge is -2.46. The van der Waals surface area contributed by atoms with E-state index < -0.39 is 10.4 Å². The van der Waals surface area contributed by atoms with Crippen LogP contribution in [0.2, 0.25) is 0 Å². The molecule has 6 nitrogen and oxygen atoms in total. The summed E-state index contributed by atoms with van der Waals surface area (Å²) in [4.78, 5) is 5.37. The first-order valence-corrected chi connectivity index (χ1v) is 13.0. The lowest BCUT2D eigenvalue weighted by atomic mass is 9.60. The first-order valence-electron chi connectivity index (χ1n) is 11.6. The van der Waals surface area contributed by atoms with Crippen LogP contribution in [0.5, 0.6) is 0 Å². The van der Waals surface area contributed by atoms with Crippen molar-refractivity contribution in [2.75, 3.05) is 37.6 Å². The highest BCUT2D eigenvalue weighted by Gasteiger charge is 2.40. The lowest BCUT2D eigenvalue weighted by Crippen LogP contribution is -2.47. The highest BCUT2D eigenvalue weighted by molar-refractivity contribution is 7.79. The number of piperazine rings is 1. The van der Waals surface area contributed by atoms with E-state index in [4.69, 9.17) is 17.5 Å². The van der Waals surface area contributed by atoms with Crippen molar-refractivity contribution in [2.45, 2.75) is 65.7 Å². The molecule has 31 heavy (non-hydrogen) atoms. The molecule has 2 aliphatic carbocycles. The number of hydrogen-bond donors (Lipinski definition) is 2. The van der Waals surface area contributed by atoms with Gasteiger partial charge in [-0.1, -0.05) is 45.9 Å². The van der Waals surface area contributed by atoms with E-state index in [1.54, 1.807) is 5.56 Å². The number of nitrogens with zero attached hydrogens (tertiary/aromatic N) is 2. The standard InChI is InChI=1S/C24H38N2.H2O4S/c1-23(2)15-20(16-24(3,4)18-23)21-7-5-6-8-22(21)26-13-11-25(12-14-26)17-19-9-10-19;1-5(2,3)4/h5-8,19-20H,9-18H2,1-4H3;(H2,1,2,3,4). The molecular formula is C24H40N2O4S. The van der Waals surface area contributed by atoms with Crippen molar-refractivity contribution in [3.8, 4) is 0 Å². The van der Waals surface area contributed by atoms with Gasteiger partial charge >= 0.3 is 10.4 Å². The van der Waals surface area contributed by atoms with Crippen LogP contribution in [0.25, 0.3) is 0 Å². The zero-order chi connectivity index (χ0) is 22.9. The van der Waals surface area contributed by atoms with Crippen LogP contribution in [0, 0.1) is 16.7 Å². The van der Waals surface area contributed by atoms with Crippen LogP contribution in [-0.2, 0) is 10.4 Å². The third kappa shape index (κ3) is 8.04. The van der Waals surface area contributed by atoms with Gasteiger partial charge in [-0.2, -0.15) is 8.42 Å². The molecule has 0 unspecified atom stereocenters. The van der Waals surface area contributed by atoms with E-state index in [1.165, 1.54) is 70.5 Å². The van der Waals surface area contributed by atoms with Gasteiger partial charge in [-0.05, 0) is 66.4 Å². The van der Waals surface area contributed by atoms with E-state index in [0.717, 1.165) is 5.92 Å².